The summed E-state index contributed by atoms with van der Waals surface area (Å²) in [4.78, 5) is 11.0. The Morgan fingerprint density at radius 3 is 1.91 bits per heavy atom. The lowest BCUT2D eigenvalue weighted by Gasteiger charge is -2.10. The van der Waals surface area contributed by atoms with Gasteiger partial charge in [0.05, 0.1) is 10.0 Å². The standard InChI is InChI=1S/C14H9Cl3O2.CHCl3/c15-11-6-10(14(17)18)7-12(16)13(11)19-8-9-4-2-1-3-5-9;2-1(3)4/h1-7H,8H2;1H. The van der Waals surface area contributed by atoms with Crippen LogP contribution < -0.4 is 4.74 Å². The lowest BCUT2D eigenvalue weighted by molar-refractivity contribution is 0.108. The smallest absolute Gasteiger partial charge is 0.252 e. The molecule has 0 N–H and O–H groups in total. The summed E-state index contributed by atoms with van der Waals surface area (Å²) < 4.78 is 4.82. The van der Waals surface area contributed by atoms with Gasteiger partial charge in [-0.15, -0.1) is 0 Å². The number of ether oxygens (including phenoxy) is 1. The van der Waals surface area contributed by atoms with Gasteiger partial charge in [0, 0.05) is 5.56 Å². The molecule has 2 aromatic carbocycles. The minimum Gasteiger partial charge on any atom is -0.486 e. The molecule has 0 aliphatic heterocycles. The molecule has 0 unspecified atom stereocenters. The Bertz CT molecular complexity index is 620. The molecule has 0 aliphatic rings. The van der Waals surface area contributed by atoms with E-state index in [-0.39, 0.29) is 15.6 Å². The molecule has 2 aromatic rings. The summed E-state index contributed by atoms with van der Waals surface area (Å²) in [6, 6.07) is 12.5. The van der Waals surface area contributed by atoms with E-state index in [0.717, 1.165) is 5.56 Å². The Morgan fingerprint density at radius 2 is 1.48 bits per heavy atom. The second kappa shape index (κ2) is 10.5. The molecular weight excluding hydrogens is 425 g/mol. The highest BCUT2D eigenvalue weighted by molar-refractivity contribution is 6.68. The third kappa shape index (κ3) is 7.84. The van der Waals surface area contributed by atoms with Crippen LogP contribution in [0, 0.1) is 0 Å². The topological polar surface area (TPSA) is 26.3 Å². The maximum absolute atomic E-state index is 11.0. The van der Waals surface area contributed by atoms with Gasteiger partial charge in [0.25, 0.3) is 5.24 Å². The number of rotatable bonds is 4. The molecule has 0 radical (unpaired) electrons. The van der Waals surface area contributed by atoms with Gasteiger partial charge in [-0.1, -0.05) is 88.3 Å². The number of carbonyl (C=O) groups is 1. The van der Waals surface area contributed by atoms with Gasteiger partial charge in [-0.05, 0) is 29.3 Å². The van der Waals surface area contributed by atoms with Crippen molar-refractivity contribution in [3.8, 4) is 5.75 Å². The summed E-state index contributed by atoms with van der Waals surface area (Å²) in [7, 11) is 0. The van der Waals surface area contributed by atoms with Gasteiger partial charge in [0.15, 0.2) is 10.0 Å². The van der Waals surface area contributed by atoms with E-state index in [9.17, 15) is 4.79 Å². The first-order valence-electron chi connectivity index (χ1n) is 6.09. The third-order valence-corrected chi connectivity index (χ3v) is 3.23. The lowest BCUT2D eigenvalue weighted by atomic mass is 10.2. The van der Waals surface area contributed by atoms with E-state index in [1.807, 2.05) is 30.3 Å². The summed E-state index contributed by atoms with van der Waals surface area (Å²) in [5.41, 5.74) is 1.23. The van der Waals surface area contributed by atoms with Crippen molar-refractivity contribution in [2.45, 2.75) is 10.9 Å². The zero-order chi connectivity index (χ0) is 17.4. The number of halogens is 6. The van der Waals surface area contributed by atoms with Crippen LogP contribution in [-0.4, -0.2) is 9.54 Å². The predicted octanol–water partition coefficient (Wildman–Crippen LogP) is 6.94. The molecule has 0 atom stereocenters. The van der Waals surface area contributed by atoms with Crippen LogP contribution in [0.25, 0.3) is 0 Å². The molecular formula is C15H10Cl6O2. The van der Waals surface area contributed by atoms with Crippen molar-refractivity contribution in [1.82, 2.24) is 0 Å². The van der Waals surface area contributed by atoms with Gasteiger partial charge in [-0.3, -0.25) is 4.79 Å². The molecule has 2 nitrogen and oxygen atoms in total. The van der Waals surface area contributed by atoms with Gasteiger partial charge in [0.1, 0.15) is 6.61 Å². The van der Waals surface area contributed by atoms with Crippen LogP contribution >= 0.6 is 69.6 Å². The highest BCUT2D eigenvalue weighted by Crippen LogP contribution is 2.35. The van der Waals surface area contributed by atoms with Crippen molar-refractivity contribution in [3.05, 3.63) is 63.6 Å². The van der Waals surface area contributed by atoms with Crippen molar-refractivity contribution >= 4 is 74.8 Å². The highest BCUT2D eigenvalue weighted by Gasteiger charge is 2.13. The van der Waals surface area contributed by atoms with Crippen molar-refractivity contribution in [2.75, 3.05) is 0 Å². The molecule has 0 aliphatic carbocycles. The van der Waals surface area contributed by atoms with Gasteiger partial charge in [0.2, 0.25) is 0 Å². The normalized spacial score (nSPS) is 10.0. The van der Waals surface area contributed by atoms with Crippen LogP contribution in [-0.2, 0) is 6.61 Å². The average molecular weight is 435 g/mol. The van der Waals surface area contributed by atoms with Gasteiger partial charge < -0.3 is 4.74 Å². The molecule has 124 valence electrons. The maximum atomic E-state index is 11.0. The van der Waals surface area contributed by atoms with Crippen LogP contribution in [0.2, 0.25) is 10.0 Å². The fourth-order valence-corrected chi connectivity index (χ4v) is 2.25. The molecule has 0 fully saturated rings. The molecule has 0 saturated carbocycles. The van der Waals surface area contributed by atoms with Crippen molar-refractivity contribution in [1.29, 1.82) is 0 Å². The third-order valence-electron chi connectivity index (χ3n) is 2.45. The minimum atomic E-state index is -0.750. The van der Waals surface area contributed by atoms with E-state index in [2.05, 4.69) is 0 Å². The van der Waals surface area contributed by atoms with Crippen LogP contribution in [0.4, 0.5) is 0 Å². The number of benzene rings is 2. The maximum Gasteiger partial charge on any atom is 0.252 e. The van der Waals surface area contributed by atoms with E-state index in [0.29, 0.717) is 12.4 Å². The number of carbonyl (C=O) groups excluding carboxylic acids is 1. The van der Waals surface area contributed by atoms with Crippen LogP contribution in [0.5, 0.6) is 5.75 Å². The molecule has 0 spiro atoms. The van der Waals surface area contributed by atoms with Gasteiger partial charge in [-0.2, -0.15) is 0 Å². The molecule has 23 heavy (non-hydrogen) atoms. The largest absolute Gasteiger partial charge is 0.486 e. The van der Waals surface area contributed by atoms with E-state index >= 15 is 0 Å². The SMILES string of the molecule is ClC(Cl)Cl.O=C(Cl)c1cc(Cl)c(OCc2ccccc2)c(Cl)c1. The summed E-state index contributed by atoms with van der Waals surface area (Å²) in [5, 5.41) is -0.0988. The van der Waals surface area contributed by atoms with E-state index in [4.69, 9.17) is 74.3 Å². The van der Waals surface area contributed by atoms with Crippen molar-refractivity contribution < 1.29 is 9.53 Å². The van der Waals surface area contributed by atoms with Crippen LogP contribution in [0.1, 0.15) is 15.9 Å². The first-order valence-corrected chi connectivity index (χ1v) is 8.53. The van der Waals surface area contributed by atoms with E-state index in [1.54, 1.807) is 0 Å². The summed E-state index contributed by atoms with van der Waals surface area (Å²) in [5.74, 6) is 0.342. The number of hydrogen-bond acceptors (Lipinski definition) is 2. The second-order valence-electron chi connectivity index (χ2n) is 4.06. The van der Waals surface area contributed by atoms with Crippen molar-refractivity contribution in [3.63, 3.8) is 0 Å². The Kier molecular flexibility index (Phi) is 9.45. The average Bonchev–Trinajstić information content (AvgIpc) is 2.46. The first-order chi connectivity index (χ1) is 10.8. The molecule has 0 bridgehead atoms. The monoisotopic (exact) mass is 432 g/mol. The highest BCUT2D eigenvalue weighted by atomic mass is 35.6. The lowest BCUT2D eigenvalue weighted by Crippen LogP contribution is -1.98. The quantitative estimate of drug-likeness (QED) is 0.385. The minimum absolute atomic E-state index is 0.240. The first kappa shape index (κ1) is 20.7. The molecule has 0 heterocycles. The molecule has 2 rings (SSSR count). The number of hydrogen-bond donors (Lipinski definition) is 0. The van der Waals surface area contributed by atoms with Crippen LogP contribution in [0.15, 0.2) is 42.5 Å². The van der Waals surface area contributed by atoms with Gasteiger partial charge in [-0.25, -0.2) is 0 Å². The van der Waals surface area contributed by atoms with Crippen molar-refractivity contribution in [2.24, 2.45) is 0 Å². The molecule has 0 aromatic heterocycles. The number of alkyl halides is 3. The Hall–Kier alpha value is -0.350. The van der Waals surface area contributed by atoms with Crippen LogP contribution in [0.3, 0.4) is 0 Å². The summed E-state index contributed by atoms with van der Waals surface area (Å²) >= 11 is 31.8. The Labute approximate surface area is 164 Å². The molecule has 8 heteroatoms. The fraction of sp³-hybridized carbons (Fsp3) is 0.133. The zero-order valence-electron chi connectivity index (χ0n) is 11.4. The molecule has 0 amide bonds. The summed E-state index contributed by atoms with van der Waals surface area (Å²) in [6.07, 6.45) is 0. The Morgan fingerprint density at radius 1 is 1.00 bits per heavy atom. The molecule has 0 saturated heterocycles. The zero-order valence-corrected chi connectivity index (χ0v) is 15.9. The van der Waals surface area contributed by atoms with E-state index in [1.165, 1.54) is 12.1 Å². The van der Waals surface area contributed by atoms with Gasteiger partial charge >= 0.3 is 0 Å². The fourth-order valence-electron chi connectivity index (χ4n) is 1.54. The predicted molar refractivity (Wildman–Crippen MR) is 98.8 cm³/mol. The summed E-state index contributed by atoms with van der Waals surface area (Å²) in [6.45, 7) is 0.342. The second-order valence-corrected chi connectivity index (χ2v) is 7.20. The van der Waals surface area contributed by atoms with E-state index < -0.39 is 9.54 Å². The Balaban J connectivity index is 0.000000593.